The Morgan fingerprint density at radius 1 is 1.44 bits per heavy atom. The van der Waals surface area contributed by atoms with E-state index in [-0.39, 0.29) is 11.9 Å². The van der Waals surface area contributed by atoms with Gasteiger partial charge < -0.3 is 20.4 Å². The zero-order valence-corrected chi connectivity index (χ0v) is 19.6. The van der Waals surface area contributed by atoms with Crippen LogP contribution in [0.3, 0.4) is 0 Å². The number of fused-ring (bicyclic) bond motifs is 1. The Balaban J connectivity index is 2.23. The number of ether oxygens (including phenoxy) is 1. The molecule has 0 aliphatic carbocycles. The predicted molar refractivity (Wildman–Crippen MR) is 115 cm³/mol. The van der Waals surface area contributed by atoms with E-state index in [2.05, 4.69) is 50.9 Å². The molecule has 0 aliphatic rings. The van der Waals surface area contributed by atoms with Crippen LogP contribution in [0.2, 0.25) is 25.7 Å². The maximum atomic E-state index is 12.8. The molecular weight excluding hydrogens is 426 g/mol. The summed E-state index contributed by atoms with van der Waals surface area (Å²) >= 11 is 3.33. The molecule has 0 spiro atoms. The van der Waals surface area contributed by atoms with Crippen LogP contribution in [0, 0.1) is 0 Å². The fraction of sp³-hybridized carbons (Fsp3) is 0.611. The zero-order chi connectivity index (χ0) is 20.4. The Kier molecular flexibility index (Phi) is 6.83. The molecule has 2 aromatic heterocycles. The van der Waals surface area contributed by atoms with E-state index in [9.17, 15) is 4.79 Å². The van der Waals surface area contributed by atoms with Crippen molar-refractivity contribution in [3.63, 3.8) is 0 Å². The van der Waals surface area contributed by atoms with Gasteiger partial charge in [0.05, 0.1) is 11.8 Å². The highest BCUT2D eigenvalue weighted by atomic mass is 79.9. The SMILES string of the molecule is C[C@H](NC(=O)c1cn(COCC[Si](C)(C)C)c2ncc(Br)nc12)C(C)(C)N. The van der Waals surface area contributed by atoms with Gasteiger partial charge in [0.25, 0.3) is 5.91 Å². The first-order chi connectivity index (χ1) is 12.4. The number of hydrogen-bond donors (Lipinski definition) is 2. The summed E-state index contributed by atoms with van der Waals surface area (Å²) in [4.78, 5) is 21.7. The summed E-state index contributed by atoms with van der Waals surface area (Å²) < 4.78 is 8.23. The standard InChI is InChI=1S/C18H30BrN5O2Si/c1-12(18(2,3)20)22-17(25)13-10-24(11-26-7-8-27(4,5)6)16-15(13)23-14(19)9-21-16/h9-10,12H,7-8,11,20H2,1-6H3,(H,22,25)/t12-/m0/s1. The molecular formula is C18H30BrN5O2Si. The molecule has 0 aromatic carbocycles. The van der Waals surface area contributed by atoms with Crippen LogP contribution in [-0.2, 0) is 11.5 Å². The van der Waals surface area contributed by atoms with Gasteiger partial charge in [0, 0.05) is 32.5 Å². The lowest BCUT2D eigenvalue weighted by molar-refractivity contribution is 0.0887. The van der Waals surface area contributed by atoms with Crippen molar-refractivity contribution in [3.8, 4) is 0 Å². The molecule has 0 bridgehead atoms. The number of aromatic nitrogens is 3. The third kappa shape index (κ3) is 6.10. The summed E-state index contributed by atoms with van der Waals surface area (Å²) in [5.74, 6) is -0.223. The average Bonchev–Trinajstić information content (AvgIpc) is 2.87. The highest BCUT2D eigenvalue weighted by Crippen LogP contribution is 2.21. The van der Waals surface area contributed by atoms with Gasteiger partial charge in [-0.05, 0) is 42.7 Å². The molecule has 2 aromatic rings. The van der Waals surface area contributed by atoms with E-state index < -0.39 is 13.6 Å². The van der Waals surface area contributed by atoms with Crippen molar-refractivity contribution in [1.29, 1.82) is 0 Å². The van der Waals surface area contributed by atoms with Crippen LogP contribution >= 0.6 is 15.9 Å². The molecule has 0 saturated carbocycles. The van der Waals surface area contributed by atoms with Crippen LogP contribution in [0.5, 0.6) is 0 Å². The van der Waals surface area contributed by atoms with Gasteiger partial charge in [0.1, 0.15) is 16.9 Å². The minimum absolute atomic E-state index is 0.198. The predicted octanol–water partition coefficient (Wildman–Crippen LogP) is 3.36. The van der Waals surface area contributed by atoms with Crippen LogP contribution in [0.1, 0.15) is 31.1 Å². The molecule has 2 rings (SSSR count). The van der Waals surface area contributed by atoms with E-state index in [1.807, 2.05) is 25.3 Å². The van der Waals surface area contributed by atoms with Gasteiger partial charge >= 0.3 is 0 Å². The third-order valence-electron chi connectivity index (χ3n) is 4.47. The smallest absolute Gasteiger partial charge is 0.255 e. The normalized spacial score (nSPS) is 13.8. The molecule has 0 fully saturated rings. The van der Waals surface area contributed by atoms with Crippen LogP contribution in [0.15, 0.2) is 17.0 Å². The molecule has 27 heavy (non-hydrogen) atoms. The summed E-state index contributed by atoms with van der Waals surface area (Å²) in [6, 6.07) is 0.886. The number of rotatable bonds is 8. The first kappa shape index (κ1) is 22.0. The maximum absolute atomic E-state index is 12.8. The number of carbonyl (C=O) groups excluding carboxylic acids is 1. The molecule has 0 saturated heterocycles. The Morgan fingerprint density at radius 2 is 2.11 bits per heavy atom. The Labute approximate surface area is 170 Å². The van der Waals surface area contributed by atoms with Crippen molar-refractivity contribution in [3.05, 3.63) is 22.6 Å². The van der Waals surface area contributed by atoms with Crippen molar-refractivity contribution < 1.29 is 9.53 Å². The van der Waals surface area contributed by atoms with Gasteiger partial charge in [-0.1, -0.05) is 19.6 Å². The molecule has 0 radical (unpaired) electrons. The summed E-state index contributed by atoms with van der Waals surface area (Å²) in [6.45, 7) is 13.6. The van der Waals surface area contributed by atoms with E-state index in [1.165, 1.54) is 0 Å². The lowest BCUT2D eigenvalue weighted by Crippen LogP contribution is -2.52. The monoisotopic (exact) mass is 455 g/mol. The fourth-order valence-electron chi connectivity index (χ4n) is 2.30. The Hall–Kier alpha value is -1.29. The highest BCUT2D eigenvalue weighted by molar-refractivity contribution is 9.10. The van der Waals surface area contributed by atoms with Gasteiger partial charge in [-0.25, -0.2) is 9.97 Å². The largest absolute Gasteiger partial charge is 0.361 e. The molecule has 0 unspecified atom stereocenters. The molecule has 7 nitrogen and oxygen atoms in total. The van der Waals surface area contributed by atoms with Crippen LogP contribution < -0.4 is 11.1 Å². The van der Waals surface area contributed by atoms with Crippen LogP contribution in [0.25, 0.3) is 11.2 Å². The number of carbonyl (C=O) groups is 1. The minimum atomic E-state index is -1.15. The molecule has 9 heteroatoms. The van der Waals surface area contributed by atoms with Gasteiger partial charge in [-0.3, -0.25) is 4.79 Å². The Bertz CT molecular complexity index is 810. The topological polar surface area (TPSA) is 95.1 Å². The van der Waals surface area contributed by atoms with E-state index >= 15 is 0 Å². The number of nitrogens with zero attached hydrogens (tertiary/aromatic N) is 3. The number of nitrogens with one attached hydrogen (secondary N) is 1. The summed E-state index contributed by atoms with van der Waals surface area (Å²) in [7, 11) is -1.15. The quantitative estimate of drug-likeness (QED) is 0.469. The van der Waals surface area contributed by atoms with Crippen LogP contribution in [-0.4, -0.2) is 46.7 Å². The summed E-state index contributed by atoms with van der Waals surface area (Å²) in [5.41, 5.74) is 7.19. The number of amides is 1. The van der Waals surface area contributed by atoms with Crippen molar-refractivity contribution in [2.24, 2.45) is 5.73 Å². The highest BCUT2D eigenvalue weighted by Gasteiger charge is 2.25. The van der Waals surface area contributed by atoms with E-state index in [0.29, 0.717) is 34.7 Å². The van der Waals surface area contributed by atoms with Gasteiger partial charge in [-0.2, -0.15) is 0 Å². The first-order valence-electron chi connectivity index (χ1n) is 9.07. The van der Waals surface area contributed by atoms with Crippen molar-refractivity contribution in [1.82, 2.24) is 19.9 Å². The van der Waals surface area contributed by atoms with Gasteiger partial charge in [0.15, 0.2) is 5.65 Å². The summed E-state index contributed by atoms with van der Waals surface area (Å²) in [6.07, 6.45) is 3.37. The minimum Gasteiger partial charge on any atom is -0.361 e. The maximum Gasteiger partial charge on any atom is 0.255 e. The molecule has 1 atom stereocenters. The molecule has 150 valence electrons. The number of halogens is 1. The second kappa shape index (κ2) is 8.38. The number of hydrogen-bond acceptors (Lipinski definition) is 5. The molecule has 3 N–H and O–H groups in total. The number of nitrogens with two attached hydrogens (primary N) is 1. The lowest BCUT2D eigenvalue weighted by Gasteiger charge is -2.27. The van der Waals surface area contributed by atoms with Crippen molar-refractivity contribution >= 4 is 41.1 Å². The average molecular weight is 456 g/mol. The molecule has 0 aliphatic heterocycles. The van der Waals surface area contributed by atoms with Crippen LogP contribution in [0.4, 0.5) is 0 Å². The molecule has 2 heterocycles. The van der Waals surface area contributed by atoms with E-state index in [0.717, 1.165) is 6.04 Å². The van der Waals surface area contributed by atoms with Gasteiger partial charge in [-0.15, -0.1) is 0 Å². The summed E-state index contributed by atoms with van der Waals surface area (Å²) in [5, 5.41) is 2.95. The Morgan fingerprint density at radius 3 is 2.70 bits per heavy atom. The fourth-order valence-corrected chi connectivity index (χ4v) is 3.33. The van der Waals surface area contributed by atoms with Crippen molar-refractivity contribution in [2.45, 2.75) is 64.8 Å². The first-order valence-corrected chi connectivity index (χ1v) is 13.6. The van der Waals surface area contributed by atoms with E-state index in [4.69, 9.17) is 10.5 Å². The second-order valence-corrected chi connectivity index (χ2v) is 15.2. The van der Waals surface area contributed by atoms with E-state index in [1.54, 1.807) is 12.4 Å². The zero-order valence-electron chi connectivity index (χ0n) is 17.0. The lowest BCUT2D eigenvalue weighted by atomic mass is 9.97. The molecule has 1 amide bonds. The third-order valence-corrected chi connectivity index (χ3v) is 6.56. The van der Waals surface area contributed by atoms with Gasteiger partial charge in [0.2, 0.25) is 0 Å². The van der Waals surface area contributed by atoms with Crippen molar-refractivity contribution in [2.75, 3.05) is 6.61 Å². The second-order valence-electron chi connectivity index (χ2n) is 8.74.